The highest BCUT2D eigenvalue weighted by Crippen LogP contribution is 2.30. The van der Waals surface area contributed by atoms with Crippen molar-refractivity contribution in [1.29, 1.82) is 0 Å². The largest absolute Gasteiger partial charge is 0.345 e. The van der Waals surface area contributed by atoms with Crippen LogP contribution in [-0.4, -0.2) is 21.2 Å². The third kappa shape index (κ3) is 3.61. The van der Waals surface area contributed by atoms with Gasteiger partial charge in [0.05, 0.1) is 6.04 Å². The van der Waals surface area contributed by atoms with Crippen molar-refractivity contribution in [1.82, 2.24) is 14.7 Å². The standard InChI is InChI=1S/C19H18N4O3S/c1-11(12-4-6-14(7-5-12)22-16(24)13-2-3-13)21-17(25)15-10-20-19-23(18(15)26)8-9-27-19/h4-11,13H,2-3H2,1H3,(H,21,25)(H,22,24). The number of benzene rings is 1. The molecule has 27 heavy (non-hydrogen) atoms. The Morgan fingerprint density at radius 1 is 1.26 bits per heavy atom. The van der Waals surface area contributed by atoms with Crippen LogP contribution in [0, 0.1) is 5.92 Å². The molecule has 2 amide bonds. The molecule has 4 rings (SSSR count). The van der Waals surface area contributed by atoms with Gasteiger partial charge in [-0.05, 0) is 37.5 Å². The van der Waals surface area contributed by atoms with Gasteiger partial charge >= 0.3 is 0 Å². The fraction of sp³-hybridized carbons (Fsp3) is 0.263. The average molecular weight is 382 g/mol. The first-order chi connectivity index (χ1) is 13.0. The van der Waals surface area contributed by atoms with E-state index in [1.807, 2.05) is 31.2 Å². The Labute approximate surface area is 159 Å². The third-order valence-electron chi connectivity index (χ3n) is 4.56. The van der Waals surface area contributed by atoms with Gasteiger partial charge in [-0.1, -0.05) is 12.1 Å². The topological polar surface area (TPSA) is 92.6 Å². The average Bonchev–Trinajstić information content (AvgIpc) is 3.40. The number of rotatable bonds is 5. The molecule has 2 heterocycles. The molecule has 138 valence electrons. The van der Waals surface area contributed by atoms with E-state index in [-0.39, 0.29) is 29.0 Å². The molecule has 1 aliphatic carbocycles. The summed E-state index contributed by atoms with van der Waals surface area (Å²) in [7, 11) is 0. The molecule has 0 radical (unpaired) electrons. The lowest BCUT2D eigenvalue weighted by atomic mass is 10.1. The number of hydrogen-bond acceptors (Lipinski definition) is 5. The highest BCUT2D eigenvalue weighted by atomic mass is 32.1. The minimum atomic E-state index is -0.466. The Morgan fingerprint density at radius 3 is 2.70 bits per heavy atom. The van der Waals surface area contributed by atoms with E-state index in [2.05, 4.69) is 15.6 Å². The van der Waals surface area contributed by atoms with Gasteiger partial charge in [0.1, 0.15) is 5.56 Å². The SMILES string of the molecule is CC(NC(=O)c1cnc2sccn2c1=O)c1ccc(NC(=O)C2CC2)cc1. The highest BCUT2D eigenvalue weighted by molar-refractivity contribution is 7.15. The van der Waals surface area contributed by atoms with Crippen molar-refractivity contribution in [2.45, 2.75) is 25.8 Å². The van der Waals surface area contributed by atoms with Crippen molar-refractivity contribution in [2.75, 3.05) is 5.32 Å². The summed E-state index contributed by atoms with van der Waals surface area (Å²) in [6.45, 7) is 1.84. The lowest BCUT2D eigenvalue weighted by Crippen LogP contribution is -2.32. The number of carbonyl (C=O) groups excluding carboxylic acids is 2. The monoisotopic (exact) mass is 382 g/mol. The minimum Gasteiger partial charge on any atom is -0.345 e. The first-order valence-electron chi connectivity index (χ1n) is 8.69. The number of anilines is 1. The zero-order valence-electron chi connectivity index (χ0n) is 14.6. The van der Waals surface area contributed by atoms with Crippen LogP contribution in [0.3, 0.4) is 0 Å². The number of hydrogen-bond donors (Lipinski definition) is 2. The third-order valence-corrected chi connectivity index (χ3v) is 5.33. The van der Waals surface area contributed by atoms with E-state index in [1.54, 1.807) is 11.6 Å². The van der Waals surface area contributed by atoms with Crippen molar-refractivity contribution in [3.8, 4) is 0 Å². The molecule has 3 aromatic rings. The van der Waals surface area contributed by atoms with Gasteiger partial charge in [-0.25, -0.2) is 4.98 Å². The molecule has 1 unspecified atom stereocenters. The summed E-state index contributed by atoms with van der Waals surface area (Å²) in [4.78, 5) is 41.4. The van der Waals surface area contributed by atoms with Crippen LogP contribution < -0.4 is 16.2 Å². The van der Waals surface area contributed by atoms with Gasteiger partial charge < -0.3 is 10.6 Å². The maximum Gasteiger partial charge on any atom is 0.271 e. The minimum absolute atomic E-state index is 0.00562. The maximum absolute atomic E-state index is 12.5. The zero-order valence-corrected chi connectivity index (χ0v) is 15.5. The molecular formula is C19H18N4O3S. The van der Waals surface area contributed by atoms with Crippen LogP contribution in [-0.2, 0) is 4.79 Å². The Kier molecular flexibility index (Phi) is 4.49. The normalized spacial score (nSPS) is 14.7. The predicted molar refractivity (Wildman–Crippen MR) is 103 cm³/mol. The first-order valence-corrected chi connectivity index (χ1v) is 9.57. The molecular weight excluding hydrogens is 364 g/mol. The first kappa shape index (κ1) is 17.4. The van der Waals surface area contributed by atoms with Crippen molar-refractivity contribution in [2.24, 2.45) is 5.92 Å². The summed E-state index contributed by atoms with van der Waals surface area (Å²) in [5, 5.41) is 7.45. The molecule has 1 atom stereocenters. The zero-order chi connectivity index (χ0) is 19.0. The van der Waals surface area contributed by atoms with Crippen LogP contribution in [0.15, 0.2) is 46.8 Å². The summed E-state index contributed by atoms with van der Waals surface area (Å²) in [5.41, 5.74) is 1.23. The molecule has 1 aromatic carbocycles. The van der Waals surface area contributed by atoms with Crippen LogP contribution in [0.5, 0.6) is 0 Å². The van der Waals surface area contributed by atoms with E-state index in [4.69, 9.17) is 0 Å². The molecule has 0 aliphatic heterocycles. The second-order valence-electron chi connectivity index (χ2n) is 6.61. The van der Waals surface area contributed by atoms with E-state index >= 15 is 0 Å². The molecule has 1 aliphatic rings. The van der Waals surface area contributed by atoms with Crippen LogP contribution in [0.4, 0.5) is 5.69 Å². The van der Waals surface area contributed by atoms with E-state index in [1.165, 1.54) is 21.9 Å². The lowest BCUT2D eigenvalue weighted by Gasteiger charge is -2.15. The molecule has 1 fully saturated rings. The fourth-order valence-electron chi connectivity index (χ4n) is 2.78. The Morgan fingerprint density at radius 2 is 2.00 bits per heavy atom. The molecule has 0 spiro atoms. The number of aromatic nitrogens is 2. The number of nitrogens with zero attached hydrogens (tertiary/aromatic N) is 2. The number of amides is 2. The summed E-state index contributed by atoms with van der Waals surface area (Å²) in [6.07, 6.45) is 4.83. The quantitative estimate of drug-likeness (QED) is 0.709. The lowest BCUT2D eigenvalue weighted by molar-refractivity contribution is -0.117. The number of nitrogens with one attached hydrogen (secondary N) is 2. The molecule has 2 aromatic heterocycles. The maximum atomic E-state index is 12.5. The van der Waals surface area contributed by atoms with Crippen molar-refractivity contribution in [3.05, 3.63) is 63.5 Å². The summed E-state index contributed by atoms with van der Waals surface area (Å²) in [6, 6.07) is 7.02. The molecule has 0 bridgehead atoms. The smallest absolute Gasteiger partial charge is 0.271 e. The number of fused-ring (bicyclic) bond motifs is 1. The molecule has 8 heteroatoms. The van der Waals surface area contributed by atoms with Gasteiger partial charge in [-0.15, -0.1) is 11.3 Å². The Bertz CT molecular complexity index is 1070. The second kappa shape index (κ2) is 6.96. The van der Waals surface area contributed by atoms with E-state index in [0.717, 1.165) is 24.1 Å². The number of carbonyl (C=O) groups is 2. The van der Waals surface area contributed by atoms with Gasteiger partial charge in [0.2, 0.25) is 5.91 Å². The van der Waals surface area contributed by atoms with Crippen molar-refractivity contribution >= 4 is 33.8 Å². The molecule has 0 saturated heterocycles. The van der Waals surface area contributed by atoms with Crippen LogP contribution in [0.2, 0.25) is 0 Å². The van der Waals surface area contributed by atoms with Crippen LogP contribution >= 0.6 is 11.3 Å². The summed E-state index contributed by atoms with van der Waals surface area (Å²) >= 11 is 1.33. The summed E-state index contributed by atoms with van der Waals surface area (Å²) < 4.78 is 1.36. The van der Waals surface area contributed by atoms with E-state index in [0.29, 0.717) is 4.96 Å². The van der Waals surface area contributed by atoms with E-state index < -0.39 is 5.91 Å². The highest BCUT2D eigenvalue weighted by Gasteiger charge is 2.29. The predicted octanol–water partition coefficient (Wildman–Crippen LogP) is 2.60. The fourth-order valence-corrected chi connectivity index (χ4v) is 3.46. The van der Waals surface area contributed by atoms with Gasteiger partial charge in [-0.3, -0.25) is 18.8 Å². The van der Waals surface area contributed by atoms with Crippen LogP contribution in [0.25, 0.3) is 4.96 Å². The Hall–Kier alpha value is -3.00. The summed E-state index contributed by atoms with van der Waals surface area (Å²) in [5.74, 6) is -0.260. The van der Waals surface area contributed by atoms with Crippen molar-refractivity contribution < 1.29 is 9.59 Å². The Balaban J connectivity index is 1.45. The van der Waals surface area contributed by atoms with E-state index in [9.17, 15) is 14.4 Å². The molecule has 1 saturated carbocycles. The van der Waals surface area contributed by atoms with Crippen LogP contribution in [0.1, 0.15) is 41.7 Å². The molecule has 7 nitrogen and oxygen atoms in total. The number of thiazole rings is 1. The van der Waals surface area contributed by atoms with Gasteiger partial charge in [0.15, 0.2) is 4.96 Å². The molecule has 2 N–H and O–H groups in total. The van der Waals surface area contributed by atoms with Gasteiger partial charge in [-0.2, -0.15) is 0 Å². The van der Waals surface area contributed by atoms with Gasteiger partial charge in [0.25, 0.3) is 11.5 Å². The van der Waals surface area contributed by atoms with Gasteiger partial charge in [0, 0.05) is 29.4 Å². The van der Waals surface area contributed by atoms with Crippen molar-refractivity contribution in [3.63, 3.8) is 0 Å². The second-order valence-corrected chi connectivity index (χ2v) is 7.49.